The molecule has 54 valence electrons. The zero-order valence-corrected chi connectivity index (χ0v) is 6.29. The SMILES string of the molecule is Cc1ccc2c(c1)=CC(=O)C=2. The van der Waals surface area contributed by atoms with E-state index in [-0.39, 0.29) is 5.78 Å². The van der Waals surface area contributed by atoms with Crippen molar-refractivity contribution in [3.8, 4) is 0 Å². The smallest absolute Gasteiger partial charge is 0.179 e. The summed E-state index contributed by atoms with van der Waals surface area (Å²) >= 11 is 0. The Kier molecular flexibility index (Phi) is 1.19. The Labute approximate surface area is 64.7 Å². The molecular formula is C10H8O. The number of benzene rings is 1. The second-order valence-corrected chi connectivity index (χ2v) is 2.82. The van der Waals surface area contributed by atoms with Crippen LogP contribution in [0.5, 0.6) is 0 Å². The van der Waals surface area contributed by atoms with Gasteiger partial charge in [-0.15, -0.1) is 0 Å². The molecule has 1 aliphatic rings. The molecule has 1 nitrogen and oxygen atoms in total. The number of hydrogen-bond donors (Lipinski definition) is 0. The first kappa shape index (κ1) is 6.35. The van der Waals surface area contributed by atoms with Crippen molar-refractivity contribution in [2.75, 3.05) is 0 Å². The molecule has 1 aromatic rings. The number of rotatable bonds is 0. The maximum Gasteiger partial charge on any atom is 0.179 e. The first-order valence-corrected chi connectivity index (χ1v) is 3.60. The predicted octanol–water partition coefficient (Wildman–Crippen LogP) is 0.139. The van der Waals surface area contributed by atoms with Gasteiger partial charge in [0.05, 0.1) is 0 Å². The van der Waals surface area contributed by atoms with E-state index in [1.165, 1.54) is 5.56 Å². The summed E-state index contributed by atoms with van der Waals surface area (Å²) in [4.78, 5) is 10.9. The van der Waals surface area contributed by atoms with Gasteiger partial charge in [0, 0.05) is 0 Å². The molecule has 0 unspecified atom stereocenters. The summed E-state index contributed by atoms with van der Waals surface area (Å²) in [6.07, 6.45) is 3.33. The fraction of sp³-hybridized carbons (Fsp3) is 0.100. The first-order chi connectivity index (χ1) is 5.25. The lowest BCUT2D eigenvalue weighted by molar-refractivity contribution is -0.107. The van der Waals surface area contributed by atoms with Crippen molar-refractivity contribution in [3.05, 3.63) is 34.2 Å². The van der Waals surface area contributed by atoms with Gasteiger partial charge in [-0.3, -0.25) is 4.79 Å². The fourth-order valence-electron chi connectivity index (χ4n) is 1.30. The molecule has 1 heteroatoms. The van der Waals surface area contributed by atoms with E-state index in [0.29, 0.717) is 0 Å². The Morgan fingerprint density at radius 3 is 2.64 bits per heavy atom. The highest BCUT2D eigenvalue weighted by Gasteiger charge is 1.99. The molecule has 0 saturated carbocycles. The van der Waals surface area contributed by atoms with E-state index in [2.05, 4.69) is 0 Å². The molecule has 0 atom stereocenters. The summed E-state index contributed by atoms with van der Waals surface area (Å²) in [5, 5.41) is 2.09. The highest BCUT2D eigenvalue weighted by Crippen LogP contribution is 1.90. The van der Waals surface area contributed by atoms with Crippen molar-refractivity contribution in [3.63, 3.8) is 0 Å². The molecule has 0 bridgehead atoms. The number of carbonyl (C=O) groups excluding carboxylic acids is 1. The number of Topliss-reactive ketones (excluding diaryl/α,β-unsaturated/α-hetero) is 1. The maximum absolute atomic E-state index is 10.9. The van der Waals surface area contributed by atoms with Gasteiger partial charge in [0.15, 0.2) is 5.78 Å². The van der Waals surface area contributed by atoms with Gasteiger partial charge in [0.1, 0.15) is 0 Å². The summed E-state index contributed by atoms with van der Waals surface area (Å²) in [6.45, 7) is 2.02. The molecule has 1 aliphatic carbocycles. The summed E-state index contributed by atoms with van der Waals surface area (Å²) < 4.78 is 0. The van der Waals surface area contributed by atoms with Crippen LogP contribution in [-0.2, 0) is 4.79 Å². The minimum absolute atomic E-state index is 0.102. The van der Waals surface area contributed by atoms with Gasteiger partial charge in [-0.05, 0) is 29.5 Å². The largest absolute Gasteiger partial charge is 0.290 e. The van der Waals surface area contributed by atoms with E-state index < -0.39 is 0 Å². The van der Waals surface area contributed by atoms with Gasteiger partial charge in [0.2, 0.25) is 0 Å². The van der Waals surface area contributed by atoms with Crippen molar-refractivity contribution in [2.24, 2.45) is 0 Å². The molecule has 0 aliphatic heterocycles. The Morgan fingerprint density at radius 2 is 1.82 bits per heavy atom. The quantitative estimate of drug-likeness (QED) is 0.506. The van der Waals surface area contributed by atoms with E-state index in [4.69, 9.17) is 0 Å². The van der Waals surface area contributed by atoms with Crippen LogP contribution in [0.1, 0.15) is 5.56 Å². The Hall–Kier alpha value is -1.37. The summed E-state index contributed by atoms with van der Waals surface area (Å²) in [6, 6.07) is 6.02. The van der Waals surface area contributed by atoms with E-state index in [1.807, 2.05) is 25.1 Å². The third-order valence-electron chi connectivity index (χ3n) is 1.84. The minimum atomic E-state index is 0.102. The minimum Gasteiger partial charge on any atom is -0.290 e. The van der Waals surface area contributed by atoms with Gasteiger partial charge < -0.3 is 0 Å². The van der Waals surface area contributed by atoms with E-state index >= 15 is 0 Å². The zero-order chi connectivity index (χ0) is 7.84. The lowest BCUT2D eigenvalue weighted by atomic mass is 10.2. The normalized spacial score (nSPS) is 13.7. The summed E-state index contributed by atoms with van der Waals surface area (Å²) in [7, 11) is 0. The molecule has 0 amide bonds. The highest BCUT2D eigenvalue weighted by molar-refractivity contribution is 6.26. The molecule has 0 radical (unpaired) electrons. The number of hydrogen-bond acceptors (Lipinski definition) is 1. The second-order valence-electron chi connectivity index (χ2n) is 2.82. The standard InChI is InChI=1S/C10H8O/c1-7-2-3-8-5-10(11)6-9(8)4-7/h2-6H,1H3. The number of fused-ring (bicyclic) bond motifs is 1. The maximum atomic E-state index is 10.9. The molecule has 0 aromatic heterocycles. The van der Waals surface area contributed by atoms with E-state index in [1.54, 1.807) is 12.2 Å². The van der Waals surface area contributed by atoms with Crippen LogP contribution in [-0.4, -0.2) is 5.78 Å². The van der Waals surface area contributed by atoms with Crippen molar-refractivity contribution in [1.29, 1.82) is 0 Å². The number of carbonyl (C=O) groups is 1. The van der Waals surface area contributed by atoms with Gasteiger partial charge in [-0.2, -0.15) is 0 Å². The van der Waals surface area contributed by atoms with Crippen molar-refractivity contribution in [1.82, 2.24) is 0 Å². The van der Waals surface area contributed by atoms with Crippen LogP contribution in [0.15, 0.2) is 18.2 Å². The topological polar surface area (TPSA) is 17.1 Å². The number of ketones is 1. The average molecular weight is 144 g/mol. The summed E-state index contributed by atoms with van der Waals surface area (Å²) in [5.41, 5.74) is 1.20. The van der Waals surface area contributed by atoms with Crippen molar-refractivity contribution < 1.29 is 4.79 Å². The molecule has 0 spiro atoms. The summed E-state index contributed by atoms with van der Waals surface area (Å²) in [5.74, 6) is 0.102. The molecule has 11 heavy (non-hydrogen) atoms. The second kappa shape index (κ2) is 2.06. The van der Waals surface area contributed by atoms with Crippen LogP contribution in [0.3, 0.4) is 0 Å². The molecule has 2 rings (SSSR count). The van der Waals surface area contributed by atoms with Crippen LogP contribution in [0, 0.1) is 6.92 Å². The molecule has 0 saturated heterocycles. The monoisotopic (exact) mass is 144 g/mol. The van der Waals surface area contributed by atoms with Crippen molar-refractivity contribution in [2.45, 2.75) is 6.92 Å². The molecule has 1 aromatic carbocycles. The zero-order valence-electron chi connectivity index (χ0n) is 6.29. The lowest BCUT2D eigenvalue weighted by Crippen LogP contribution is -2.20. The third-order valence-corrected chi connectivity index (χ3v) is 1.84. The van der Waals surface area contributed by atoms with Crippen LogP contribution in [0.4, 0.5) is 0 Å². The third kappa shape index (κ3) is 0.984. The lowest BCUT2D eigenvalue weighted by Gasteiger charge is -1.87. The van der Waals surface area contributed by atoms with Gasteiger partial charge in [-0.1, -0.05) is 23.8 Å². The Morgan fingerprint density at radius 1 is 1.09 bits per heavy atom. The van der Waals surface area contributed by atoms with Gasteiger partial charge in [0.25, 0.3) is 0 Å². The van der Waals surface area contributed by atoms with Crippen LogP contribution in [0.25, 0.3) is 12.2 Å². The Bertz CT molecular complexity index is 427. The van der Waals surface area contributed by atoms with E-state index in [0.717, 1.165) is 10.4 Å². The van der Waals surface area contributed by atoms with Gasteiger partial charge >= 0.3 is 0 Å². The highest BCUT2D eigenvalue weighted by atomic mass is 16.1. The van der Waals surface area contributed by atoms with Crippen LogP contribution < -0.4 is 10.4 Å². The van der Waals surface area contributed by atoms with Gasteiger partial charge in [-0.25, -0.2) is 0 Å². The molecule has 0 N–H and O–H groups in total. The number of aryl methyl sites for hydroxylation is 1. The average Bonchev–Trinajstić information content (AvgIpc) is 2.27. The Balaban J connectivity index is 2.89. The van der Waals surface area contributed by atoms with Crippen LogP contribution >= 0.6 is 0 Å². The molecular weight excluding hydrogens is 136 g/mol. The first-order valence-electron chi connectivity index (χ1n) is 3.60. The fourth-order valence-corrected chi connectivity index (χ4v) is 1.30. The van der Waals surface area contributed by atoms with Crippen LogP contribution in [0.2, 0.25) is 0 Å². The predicted molar refractivity (Wildman–Crippen MR) is 44.4 cm³/mol. The van der Waals surface area contributed by atoms with E-state index in [9.17, 15) is 4.79 Å². The molecule has 0 heterocycles. The van der Waals surface area contributed by atoms with Crippen molar-refractivity contribution >= 4 is 17.9 Å². The molecule has 0 fully saturated rings.